The van der Waals surface area contributed by atoms with E-state index in [4.69, 9.17) is 0 Å². The van der Waals surface area contributed by atoms with E-state index in [1.54, 1.807) is 0 Å². The first-order valence-corrected chi connectivity index (χ1v) is 11.9. The summed E-state index contributed by atoms with van der Waals surface area (Å²) in [4.78, 5) is 16.1. The number of nitrogens with zero attached hydrogens (tertiary/aromatic N) is 2. The van der Waals surface area contributed by atoms with Gasteiger partial charge < -0.3 is 10.0 Å². The summed E-state index contributed by atoms with van der Waals surface area (Å²) in [5.74, 6) is -1.49. The van der Waals surface area contributed by atoms with E-state index in [0.29, 0.717) is 4.90 Å². The molecule has 1 aromatic heterocycles. The normalized spacial score (nSPS) is 20.8. The fourth-order valence-corrected chi connectivity index (χ4v) is 4.91. The number of rotatable bonds is 6. The molecule has 1 aliphatic rings. The number of ketones is 1. The van der Waals surface area contributed by atoms with Crippen LogP contribution in [0.5, 0.6) is 0 Å². The molecule has 2 heterocycles. The molecule has 4 nitrogen and oxygen atoms in total. The molecule has 0 spiro atoms. The van der Waals surface area contributed by atoms with Crippen LogP contribution in [-0.2, 0) is 29.0 Å². The molecule has 2 atom stereocenters. The maximum absolute atomic E-state index is 14.4. The first-order chi connectivity index (χ1) is 18.1. The Morgan fingerprint density at radius 1 is 0.950 bits per heavy atom. The van der Waals surface area contributed by atoms with E-state index in [2.05, 4.69) is 20.9 Å². The number of aliphatic hydroxyl groups excluding tert-OH is 1. The molecule has 0 bridgehead atoms. The Labute approximate surface area is 226 Å². The number of hydrogen-bond donors (Lipinski definition) is 1. The smallest absolute Gasteiger partial charge is 0.372 e. The predicted molar refractivity (Wildman–Crippen MR) is 118 cm³/mol. The Balaban J connectivity index is 1.99. The van der Waals surface area contributed by atoms with Crippen LogP contribution in [-0.4, -0.2) is 41.0 Å². The molecule has 1 saturated heterocycles. The molecule has 1 fully saturated rings. The quantitative estimate of drug-likeness (QED) is 0.260. The molecule has 0 amide bonds. The van der Waals surface area contributed by atoms with Gasteiger partial charge in [-0.05, 0) is 64.2 Å². The summed E-state index contributed by atoms with van der Waals surface area (Å²) >= 11 is 2.98. The van der Waals surface area contributed by atoms with E-state index in [-0.39, 0.29) is 40.6 Å². The van der Waals surface area contributed by atoms with E-state index in [1.807, 2.05) is 0 Å². The van der Waals surface area contributed by atoms with E-state index in [0.717, 1.165) is 6.07 Å². The standard InChI is InChI=1S/C23H17BrF12N2O2/c24-17-11(1-3-15(39)10-20(25,26)27)2-4-16(37-17)38-6-5-19(18(38)40,23(34,35)36)12-7-13(21(28,29)30)9-14(8-12)22(31,32)33/h2,4,7-9,18,40H,1,3,5-6,10H2. The molecule has 3 rings (SSSR count). The Kier molecular flexibility index (Phi) is 8.54. The molecule has 0 saturated carbocycles. The molecular weight excluding hydrogens is 644 g/mol. The van der Waals surface area contributed by atoms with Gasteiger partial charge in [0.15, 0.2) is 0 Å². The minimum Gasteiger partial charge on any atom is -0.372 e. The molecule has 2 unspecified atom stereocenters. The van der Waals surface area contributed by atoms with Crippen molar-refractivity contribution in [3.8, 4) is 0 Å². The van der Waals surface area contributed by atoms with Crippen LogP contribution < -0.4 is 4.90 Å². The molecule has 40 heavy (non-hydrogen) atoms. The zero-order valence-electron chi connectivity index (χ0n) is 19.7. The van der Waals surface area contributed by atoms with Gasteiger partial charge in [0.25, 0.3) is 0 Å². The van der Waals surface area contributed by atoms with E-state index in [9.17, 15) is 62.6 Å². The van der Waals surface area contributed by atoms with Crippen LogP contribution in [0.25, 0.3) is 0 Å². The first-order valence-electron chi connectivity index (χ1n) is 11.1. The molecule has 0 radical (unpaired) electrons. The van der Waals surface area contributed by atoms with Crippen molar-refractivity contribution in [3.63, 3.8) is 0 Å². The second-order valence-electron chi connectivity index (χ2n) is 9.03. The number of alkyl halides is 12. The maximum atomic E-state index is 14.4. The molecule has 222 valence electrons. The average molecular weight is 661 g/mol. The van der Waals surface area contributed by atoms with Crippen molar-refractivity contribution in [1.82, 2.24) is 4.98 Å². The summed E-state index contributed by atoms with van der Waals surface area (Å²) < 4.78 is 160. The number of anilines is 1. The lowest BCUT2D eigenvalue weighted by Gasteiger charge is -2.37. The van der Waals surface area contributed by atoms with Crippen LogP contribution in [0.3, 0.4) is 0 Å². The molecule has 1 N–H and O–H groups in total. The number of aliphatic hydroxyl groups is 1. The van der Waals surface area contributed by atoms with Crippen LogP contribution in [0.15, 0.2) is 34.9 Å². The van der Waals surface area contributed by atoms with Gasteiger partial charge in [0, 0.05) is 13.0 Å². The SMILES string of the molecule is O=C(CCc1ccc(N2CCC(c3cc(C(F)(F)F)cc(C(F)(F)F)c3)(C(F)(F)F)C2O)nc1Br)CC(F)(F)F. The van der Waals surface area contributed by atoms with Crippen LogP contribution in [0, 0.1) is 0 Å². The van der Waals surface area contributed by atoms with Crippen LogP contribution in [0.2, 0.25) is 0 Å². The van der Waals surface area contributed by atoms with Gasteiger partial charge in [-0.2, -0.15) is 52.7 Å². The number of benzene rings is 1. The highest BCUT2D eigenvalue weighted by Crippen LogP contribution is 2.53. The minimum atomic E-state index is -5.52. The van der Waals surface area contributed by atoms with Crippen LogP contribution >= 0.6 is 15.9 Å². The van der Waals surface area contributed by atoms with Gasteiger partial charge >= 0.3 is 24.7 Å². The summed E-state index contributed by atoms with van der Waals surface area (Å²) in [5, 5.41) is 10.8. The third-order valence-corrected chi connectivity index (χ3v) is 7.05. The molecular formula is C23H17BrF12N2O2. The van der Waals surface area contributed by atoms with Crippen molar-refractivity contribution >= 4 is 27.5 Å². The number of aryl methyl sites for hydroxylation is 1. The van der Waals surface area contributed by atoms with Gasteiger partial charge in [-0.3, -0.25) is 4.79 Å². The van der Waals surface area contributed by atoms with Crippen LogP contribution in [0.1, 0.15) is 41.5 Å². The molecule has 1 aliphatic heterocycles. The molecule has 2 aromatic rings. The van der Waals surface area contributed by atoms with Crippen molar-refractivity contribution in [2.75, 3.05) is 11.4 Å². The summed E-state index contributed by atoms with van der Waals surface area (Å²) in [6.07, 6.45) is -27.4. The lowest BCUT2D eigenvalue weighted by Crippen LogP contribution is -2.52. The van der Waals surface area contributed by atoms with Gasteiger partial charge in [0.05, 0.1) is 11.1 Å². The lowest BCUT2D eigenvalue weighted by atomic mass is 9.76. The van der Waals surface area contributed by atoms with Crippen LogP contribution in [0.4, 0.5) is 58.5 Å². The number of carbonyl (C=O) groups is 1. The fraction of sp³-hybridized carbons (Fsp3) is 0.478. The van der Waals surface area contributed by atoms with Gasteiger partial charge in [-0.15, -0.1) is 0 Å². The van der Waals surface area contributed by atoms with Crippen molar-refractivity contribution in [2.24, 2.45) is 0 Å². The van der Waals surface area contributed by atoms with Crippen molar-refractivity contribution in [1.29, 1.82) is 0 Å². The highest BCUT2D eigenvalue weighted by molar-refractivity contribution is 9.10. The van der Waals surface area contributed by atoms with E-state index >= 15 is 0 Å². The Hall–Kier alpha value is -2.56. The Morgan fingerprint density at radius 3 is 1.95 bits per heavy atom. The number of pyridine rings is 1. The maximum Gasteiger partial charge on any atom is 0.416 e. The number of halogens is 13. The number of hydrogen-bond acceptors (Lipinski definition) is 4. The second-order valence-corrected chi connectivity index (χ2v) is 9.78. The number of carbonyl (C=O) groups excluding carboxylic acids is 1. The number of Topliss-reactive ketones (excluding diaryl/α,β-unsaturated/α-hetero) is 1. The zero-order chi connectivity index (χ0) is 30.5. The first kappa shape index (κ1) is 32.0. The summed E-state index contributed by atoms with van der Waals surface area (Å²) in [5.41, 5.74) is -8.82. The second kappa shape index (κ2) is 10.7. The topological polar surface area (TPSA) is 53.4 Å². The largest absolute Gasteiger partial charge is 0.416 e. The third kappa shape index (κ3) is 6.66. The van der Waals surface area contributed by atoms with Gasteiger partial charge in [-0.1, -0.05) is 6.07 Å². The zero-order valence-corrected chi connectivity index (χ0v) is 21.2. The third-order valence-electron chi connectivity index (χ3n) is 6.37. The fourth-order valence-electron chi connectivity index (χ4n) is 4.40. The van der Waals surface area contributed by atoms with Gasteiger partial charge in [0.2, 0.25) is 0 Å². The molecule has 1 aromatic carbocycles. The Morgan fingerprint density at radius 2 is 1.50 bits per heavy atom. The van der Waals surface area contributed by atoms with Crippen molar-refractivity contribution in [2.45, 2.75) is 62.0 Å². The summed E-state index contributed by atoms with van der Waals surface area (Å²) in [6, 6.07) is 1.75. The van der Waals surface area contributed by atoms with Gasteiger partial charge in [0.1, 0.15) is 34.3 Å². The summed E-state index contributed by atoms with van der Waals surface area (Å²) in [6.45, 7) is -0.693. The van der Waals surface area contributed by atoms with Gasteiger partial charge in [-0.25, -0.2) is 4.98 Å². The average Bonchev–Trinajstić information content (AvgIpc) is 3.13. The van der Waals surface area contributed by atoms with Crippen molar-refractivity contribution in [3.05, 3.63) is 57.2 Å². The lowest BCUT2D eigenvalue weighted by molar-refractivity contribution is -0.211. The molecule has 0 aliphatic carbocycles. The Bertz CT molecular complexity index is 1220. The van der Waals surface area contributed by atoms with Crippen molar-refractivity contribution < 1.29 is 62.6 Å². The van der Waals surface area contributed by atoms with E-state index < -0.39 is 84.6 Å². The predicted octanol–water partition coefficient (Wildman–Crippen LogP) is 7.36. The number of aromatic nitrogens is 1. The van der Waals surface area contributed by atoms with E-state index in [1.165, 1.54) is 6.07 Å². The minimum absolute atomic E-state index is 0.0835. The highest BCUT2D eigenvalue weighted by atomic mass is 79.9. The monoisotopic (exact) mass is 660 g/mol. The summed E-state index contributed by atoms with van der Waals surface area (Å²) in [7, 11) is 0. The highest BCUT2D eigenvalue weighted by Gasteiger charge is 2.65. The molecule has 17 heteroatoms.